The summed E-state index contributed by atoms with van der Waals surface area (Å²) in [5.74, 6) is 0.850. The molecule has 2 rings (SSSR count). The summed E-state index contributed by atoms with van der Waals surface area (Å²) in [5.41, 5.74) is 2.23. The van der Waals surface area contributed by atoms with E-state index in [0.717, 1.165) is 27.2 Å². The summed E-state index contributed by atoms with van der Waals surface area (Å²) in [5, 5.41) is 1.47. The second-order valence-electron chi connectivity index (χ2n) is 4.35. The lowest BCUT2D eigenvalue weighted by Gasteiger charge is -2.16. The van der Waals surface area contributed by atoms with Gasteiger partial charge in [0.15, 0.2) is 0 Å². The molecule has 0 aliphatic rings. The van der Waals surface area contributed by atoms with E-state index in [9.17, 15) is 0 Å². The summed E-state index contributed by atoms with van der Waals surface area (Å²) in [6, 6.07) is 15.6. The highest BCUT2D eigenvalue weighted by molar-refractivity contribution is 9.09. The highest BCUT2D eigenvalue weighted by atomic mass is 79.9. The van der Waals surface area contributed by atoms with Crippen molar-refractivity contribution in [2.24, 2.45) is 0 Å². The number of ether oxygens (including phenoxy) is 2. The van der Waals surface area contributed by atoms with Gasteiger partial charge >= 0.3 is 0 Å². The molecule has 2 nitrogen and oxygen atoms in total. The quantitative estimate of drug-likeness (QED) is 0.679. The lowest BCUT2D eigenvalue weighted by Crippen LogP contribution is -2.05. The molecule has 1 atom stereocenters. The molecule has 106 valence electrons. The Balaban J connectivity index is 1.97. The molecule has 0 amide bonds. The van der Waals surface area contributed by atoms with Crippen LogP contribution in [0, 0.1) is 0 Å². The molecule has 0 aliphatic carbocycles. The highest BCUT2D eigenvalue weighted by Crippen LogP contribution is 2.23. The van der Waals surface area contributed by atoms with Gasteiger partial charge in [0.1, 0.15) is 5.75 Å². The zero-order valence-corrected chi connectivity index (χ0v) is 13.5. The van der Waals surface area contributed by atoms with Gasteiger partial charge in [-0.2, -0.15) is 0 Å². The molecule has 0 saturated heterocycles. The van der Waals surface area contributed by atoms with Crippen molar-refractivity contribution in [1.29, 1.82) is 0 Å². The minimum atomic E-state index is 0.00867. The molecule has 0 aliphatic heterocycles. The summed E-state index contributed by atoms with van der Waals surface area (Å²) in [6.45, 7) is 0.558. The van der Waals surface area contributed by atoms with Crippen LogP contribution in [0.2, 0.25) is 5.02 Å². The van der Waals surface area contributed by atoms with Gasteiger partial charge < -0.3 is 9.47 Å². The van der Waals surface area contributed by atoms with Crippen LogP contribution in [0.4, 0.5) is 0 Å². The standard InChI is InChI=1S/C16H16BrClO2/c1-19-15-8-2-12(3-9-15)11-20-16(10-17)13-4-6-14(18)7-5-13/h2-9,16H,10-11H2,1H3. The largest absolute Gasteiger partial charge is 0.497 e. The van der Waals surface area contributed by atoms with Gasteiger partial charge in [0, 0.05) is 10.4 Å². The van der Waals surface area contributed by atoms with Crippen LogP contribution in [0.15, 0.2) is 48.5 Å². The van der Waals surface area contributed by atoms with Crippen molar-refractivity contribution >= 4 is 27.5 Å². The Labute approximate surface area is 132 Å². The molecule has 20 heavy (non-hydrogen) atoms. The summed E-state index contributed by atoms with van der Waals surface area (Å²) in [4.78, 5) is 0. The van der Waals surface area contributed by atoms with Gasteiger partial charge in [0.05, 0.1) is 19.8 Å². The number of hydrogen-bond acceptors (Lipinski definition) is 2. The van der Waals surface area contributed by atoms with Crippen LogP contribution in [0.3, 0.4) is 0 Å². The lowest BCUT2D eigenvalue weighted by molar-refractivity contribution is 0.0566. The summed E-state index contributed by atoms with van der Waals surface area (Å²) >= 11 is 9.39. The third kappa shape index (κ3) is 4.23. The molecular weight excluding hydrogens is 340 g/mol. The lowest BCUT2D eigenvalue weighted by atomic mass is 10.1. The predicted molar refractivity (Wildman–Crippen MR) is 85.8 cm³/mol. The topological polar surface area (TPSA) is 18.5 Å². The summed E-state index contributed by atoms with van der Waals surface area (Å²) in [6.07, 6.45) is 0.00867. The fourth-order valence-electron chi connectivity index (χ4n) is 1.83. The van der Waals surface area contributed by atoms with E-state index in [2.05, 4.69) is 15.9 Å². The number of benzene rings is 2. The number of rotatable bonds is 6. The second kappa shape index (κ2) is 7.67. The number of methoxy groups -OCH3 is 1. The van der Waals surface area contributed by atoms with Gasteiger partial charge in [-0.05, 0) is 35.4 Å². The van der Waals surface area contributed by atoms with Gasteiger partial charge in [0.25, 0.3) is 0 Å². The first-order chi connectivity index (χ1) is 9.72. The van der Waals surface area contributed by atoms with Crippen molar-refractivity contribution in [3.8, 4) is 5.75 Å². The Hall–Kier alpha value is -1.03. The molecule has 0 aromatic heterocycles. The van der Waals surface area contributed by atoms with Crippen LogP contribution in [-0.2, 0) is 11.3 Å². The van der Waals surface area contributed by atoms with Gasteiger partial charge in [0.2, 0.25) is 0 Å². The van der Waals surface area contributed by atoms with E-state index in [1.54, 1.807) is 7.11 Å². The molecule has 0 radical (unpaired) electrons. The maximum atomic E-state index is 5.95. The molecule has 0 N–H and O–H groups in total. The maximum absolute atomic E-state index is 5.95. The SMILES string of the molecule is COc1ccc(COC(CBr)c2ccc(Cl)cc2)cc1. The van der Waals surface area contributed by atoms with Crippen LogP contribution in [0.1, 0.15) is 17.2 Å². The summed E-state index contributed by atoms with van der Waals surface area (Å²) in [7, 11) is 1.66. The third-order valence-electron chi connectivity index (χ3n) is 2.99. The molecule has 4 heteroatoms. The fourth-order valence-corrected chi connectivity index (χ4v) is 2.51. The summed E-state index contributed by atoms with van der Waals surface area (Å²) < 4.78 is 11.1. The van der Waals surface area contributed by atoms with Crippen LogP contribution < -0.4 is 4.74 Å². The first kappa shape index (κ1) is 15.4. The maximum Gasteiger partial charge on any atom is 0.118 e. The normalized spacial score (nSPS) is 12.2. The number of alkyl halides is 1. The van der Waals surface area contributed by atoms with Crippen molar-refractivity contribution in [2.45, 2.75) is 12.7 Å². The Kier molecular flexibility index (Phi) is 5.89. The zero-order chi connectivity index (χ0) is 14.4. The molecule has 0 bridgehead atoms. The molecule has 1 unspecified atom stereocenters. The Morgan fingerprint density at radius 3 is 2.25 bits per heavy atom. The zero-order valence-electron chi connectivity index (χ0n) is 11.2. The fraction of sp³-hybridized carbons (Fsp3) is 0.250. The molecule has 0 spiro atoms. The first-order valence-corrected chi connectivity index (χ1v) is 7.79. The number of hydrogen-bond donors (Lipinski definition) is 0. The van der Waals surface area contributed by atoms with E-state index in [1.807, 2.05) is 48.5 Å². The van der Waals surface area contributed by atoms with Crippen LogP contribution >= 0.6 is 27.5 Å². The van der Waals surface area contributed by atoms with Crippen molar-refractivity contribution in [2.75, 3.05) is 12.4 Å². The first-order valence-electron chi connectivity index (χ1n) is 6.29. The molecule has 0 fully saturated rings. The minimum Gasteiger partial charge on any atom is -0.497 e. The van der Waals surface area contributed by atoms with Gasteiger partial charge in [-0.1, -0.05) is 51.8 Å². The van der Waals surface area contributed by atoms with Crippen molar-refractivity contribution in [1.82, 2.24) is 0 Å². The van der Waals surface area contributed by atoms with Gasteiger partial charge in [-0.25, -0.2) is 0 Å². The van der Waals surface area contributed by atoms with Crippen LogP contribution in [0.25, 0.3) is 0 Å². The average molecular weight is 356 g/mol. The molecule has 2 aromatic carbocycles. The van der Waals surface area contributed by atoms with E-state index >= 15 is 0 Å². The molecule has 0 saturated carbocycles. The Morgan fingerprint density at radius 2 is 1.70 bits per heavy atom. The van der Waals surface area contributed by atoms with E-state index in [1.165, 1.54) is 0 Å². The van der Waals surface area contributed by atoms with Crippen molar-refractivity contribution in [3.63, 3.8) is 0 Å². The monoisotopic (exact) mass is 354 g/mol. The Morgan fingerprint density at radius 1 is 1.05 bits per heavy atom. The van der Waals surface area contributed by atoms with Gasteiger partial charge in [-0.3, -0.25) is 0 Å². The molecule has 2 aromatic rings. The smallest absolute Gasteiger partial charge is 0.118 e. The molecule has 0 heterocycles. The van der Waals surface area contributed by atoms with E-state index in [-0.39, 0.29) is 6.10 Å². The highest BCUT2D eigenvalue weighted by Gasteiger charge is 2.10. The van der Waals surface area contributed by atoms with Gasteiger partial charge in [-0.15, -0.1) is 0 Å². The Bertz CT molecular complexity index is 525. The van der Waals surface area contributed by atoms with E-state index in [4.69, 9.17) is 21.1 Å². The minimum absolute atomic E-state index is 0.00867. The number of halogens is 2. The molecular formula is C16H16BrClO2. The average Bonchev–Trinajstić information content (AvgIpc) is 2.50. The third-order valence-corrected chi connectivity index (χ3v) is 3.83. The van der Waals surface area contributed by atoms with Crippen LogP contribution in [0.5, 0.6) is 5.75 Å². The van der Waals surface area contributed by atoms with Crippen molar-refractivity contribution in [3.05, 3.63) is 64.7 Å². The predicted octanol–water partition coefficient (Wildman–Crippen LogP) is 5.00. The van der Waals surface area contributed by atoms with E-state index < -0.39 is 0 Å². The second-order valence-corrected chi connectivity index (χ2v) is 5.44. The van der Waals surface area contributed by atoms with Crippen LogP contribution in [-0.4, -0.2) is 12.4 Å². The van der Waals surface area contributed by atoms with Crippen molar-refractivity contribution < 1.29 is 9.47 Å². The van der Waals surface area contributed by atoms with E-state index in [0.29, 0.717) is 6.61 Å².